The van der Waals surface area contributed by atoms with Crippen LogP contribution < -0.4 is 22.1 Å². The number of amides is 4. The molecule has 0 saturated carbocycles. The van der Waals surface area contributed by atoms with E-state index in [1.54, 1.807) is 0 Å². The van der Waals surface area contributed by atoms with E-state index in [4.69, 9.17) is 16.2 Å². The van der Waals surface area contributed by atoms with Gasteiger partial charge in [0, 0.05) is 11.3 Å². The number of rotatable bonds is 6. The zero-order valence-electron chi connectivity index (χ0n) is 11.8. The second-order valence-electron chi connectivity index (χ2n) is 4.33. The number of primary amides is 2. The molecule has 0 spiro atoms. The molecule has 0 saturated heterocycles. The van der Waals surface area contributed by atoms with Crippen LogP contribution in [0, 0.1) is 0 Å². The highest BCUT2D eigenvalue weighted by Gasteiger charge is 2.17. The summed E-state index contributed by atoms with van der Waals surface area (Å²) >= 11 is 0. The number of hydrogen-bond donors (Lipinski definition) is 4. The number of urea groups is 1. The quantitative estimate of drug-likeness (QED) is 0.513. The molecule has 0 bridgehead atoms. The summed E-state index contributed by atoms with van der Waals surface area (Å²) in [5.41, 5.74) is 10.7. The summed E-state index contributed by atoms with van der Waals surface area (Å²) in [4.78, 5) is 44.5. The zero-order chi connectivity index (χ0) is 16.7. The molecule has 9 heteroatoms. The number of carbonyl (C=O) groups excluding carboxylic acids is 4. The summed E-state index contributed by atoms with van der Waals surface area (Å²) < 4.78 is 4.71. The molecular weight excluding hydrogens is 292 g/mol. The smallest absolute Gasteiger partial charge is 0.328 e. The van der Waals surface area contributed by atoms with Crippen LogP contribution >= 0.6 is 0 Å². The second-order valence-corrected chi connectivity index (χ2v) is 4.33. The number of nitrogens with two attached hydrogens (primary N) is 2. The van der Waals surface area contributed by atoms with Crippen molar-refractivity contribution in [1.29, 1.82) is 0 Å². The topological polar surface area (TPSA) is 154 Å². The second kappa shape index (κ2) is 7.62. The Balaban J connectivity index is 2.44. The fraction of sp³-hybridized carbons (Fsp3) is 0.231. The average molecular weight is 308 g/mol. The van der Waals surface area contributed by atoms with Crippen LogP contribution in [0.5, 0.6) is 0 Å². The first-order chi connectivity index (χ1) is 10.3. The van der Waals surface area contributed by atoms with Gasteiger partial charge in [0.05, 0.1) is 0 Å². The molecule has 0 aliphatic carbocycles. The first-order valence-electron chi connectivity index (χ1n) is 6.22. The predicted molar refractivity (Wildman–Crippen MR) is 76.7 cm³/mol. The molecule has 9 nitrogen and oxygen atoms in total. The summed E-state index contributed by atoms with van der Waals surface area (Å²) in [6, 6.07) is 4.03. The molecule has 1 unspecified atom stereocenters. The highest BCUT2D eigenvalue weighted by molar-refractivity contribution is 5.95. The van der Waals surface area contributed by atoms with Gasteiger partial charge >= 0.3 is 12.0 Å². The van der Waals surface area contributed by atoms with Gasteiger partial charge in [0.15, 0.2) is 6.61 Å². The van der Waals surface area contributed by atoms with Crippen molar-refractivity contribution in [2.24, 2.45) is 11.5 Å². The third-order valence-corrected chi connectivity index (χ3v) is 2.51. The Morgan fingerprint density at radius 3 is 2.23 bits per heavy atom. The lowest BCUT2D eigenvalue weighted by molar-refractivity contribution is -0.148. The van der Waals surface area contributed by atoms with Crippen molar-refractivity contribution in [3.8, 4) is 0 Å². The van der Waals surface area contributed by atoms with E-state index >= 15 is 0 Å². The van der Waals surface area contributed by atoms with Gasteiger partial charge in [-0.1, -0.05) is 0 Å². The van der Waals surface area contributed by atoms with Gasteiger partial charge in [0.2, 0.25) is 5.91 Å². The van der Waals surface area contributed by atoms with Gasteiger partial charge in [0.25, 0.3) is 5.91 Å². The fourth-order valence-electron chi connectivity index (χ4n) is 1.45. The molecule has 0 fully saturated rings. The summed E-state index contributed by atoms with van der Waals surface area (Å²) in [6.45, 7) is 0.842. The van der Waals surface area contributed by atoms with E-state index in [9.17, 15) is 19.2 Å². The molecule has 1 atom stereocenters. The Morgan fingerprint density at radius 2 is 1.73 bits per heavy atom. The Morgan fingerprint density at radius 1 is 1.14 bits per heavy atom. The van der Waals surface area contributed by atoms with Crippen molar-refractivity contribution >= 4 is 29.5 Å². The van der Waals surface area contributed by atoms with E-state index in [-0.39, 0.29) is 0 Å². The lowest BCUT2D eigenvalue weighted by Crippen LogP contribution is -2.43. The van der Waals surface area contributed by atoms with Crippen LogP contribution in [0.15, 0.2) is 24.3 Å². The molecule has 118 valence electrons. The normalized spacial score (nSPS) is 11.1. The number of carbonyl (C=O) groups is 4. The zero-order valence-corrected chi connectivity index (χ0v) is 11.8. The monoisotopic (exact) mass is 308 g/mol. The van der Waals surface area contributed by atoms with Gasteiger partial charge in [-0.05, 0) is 31.2 Å². The highest BCUT2D eigenvalue weighted by Crippen LogP contribution is 2.09. The van der Waals surface area contributed by atoms with Gasteiger partial charge in [-0.15, -0.1) is 0 Å². The van der Waals surface area contributed by atoms with Crippen LogP contribution in [-0.4, -0.2) is 36.5 Å². The first kappa shape index (κ1) is 17.0. The molecule has 0 aromatic heterocycles. The maximum Gasteiger partial charge on any atom is 0.328 e. The minimum atomic E-state index is -0.958. The van der Waals surface area contributed by atoms with Crippen molar-refractivity contribution in [3.05, 3.63) is 29.8 Å². The molecule has 22 heavy (non-hydrogen) atoms. The lowest BCUT2D eigenvalue weighted by Gasteiger charge is -2.11. The van der Waals surface area contributed by atoms with Gasteiger partial charge in [-0.2, -0.15) is 0 Å². The molecule has 0 heterocycles. The molecule has 1 rings (SSSR count). The number of hydrogen-bond acceptors (Lipinski definition) is 5. The van der Waals surface area contributed by atoms with Crippen molar-refractivity contribution in [2.45, 2.75) is 13.0 Å². The van der Waals surface area contributed by atoms with Gasteiger partial charge in [-0.3, -0.25) is 9.59 Å². The largest absolute Gasteiger partial charge is 0.454 e. The summed E-state index contributed by atoms with van der Waals surface area (Å²) in [5.74, 6) is -1.95. The Labute approximate surface area is 126 Å². The number of nitrogens with one attached hydrogen (secondary N) is 2. The number of esters is 1. The standard InChI is InChI=1S/C13H16N4O5/c1-7(16-13(15)21)12(20)22-6-10(18)17-9-4-2-8(3-5-9)11(14)19/h2-5,7H,6H2,1H3,(H2,14,19)(H,17,18)(H3,15,16,21). The maximum atomic E-state index is 11.6. The van der Waals surface area contributed by atoms with Crippen molar-refractivity contribution < 1.29 is 23.9 Å². The minimum Gasteiger partial charge on any atom is -0.454 e. The molecule has 0 radical (unpaired) electrons. The molecular formula is C13H16N4O5. The van der Waals surface area contributed by atoms with E-state index < -0.39 is 36.5 Å². The molecule has 1 aromatic carbocycles. The van der Waals surface area contributed by atoms with Crippen molar-refractivity contribution in [2.75, 3.05) is 11.9 Å². The van der Waals surface area contributed by atoms with Crippen molar-refractivity contribution in [3.63, 3.8) is 0 Å². The Hall–Kier alpha value is -3.10. The highest BCUT2D eigenvalue weighted by atomic mass is 16.5. The predicted octanol–water partition coefficient (Wildman–Crippen LogP) is -0.676. The van der Waals surface area contributed by atoms with E-state index in [1.165, 1.54) is 31.2 Å². The van der Waals surface area contributed by atoms with Crippen LogP contribution in [0.4, 0.5) is 10.5 Å². The van der Waals surface area contributed by atoms with Crippen LogP contribution in [0.25, 0.3) is 0 Å². The van der Waals surface area contributed by atoms with Gasteiger partial charge in [0.1, 0.15) is 6.04 Å². The summed E-state index contributed by atoms with van der Waals surface area (Å²) in [7, 11) is 0. The Bertz CT molecular complexity index is 585. The molecule has 1 aromatic rings. The van der Waals surface area contributed by atoms with Gasteiger partial charge in [-0.25, -0.2) is 9.59 Å². The van der Waals surface area contributed by atoms with Crippen LogP contribution in [-0.2, 0) is 14.3 Å². The third-order valence-electron chi connectivity index (χ3n) is 2.51. The van der Waals surface area contributed by atoms with Crippen LogP contribution in [0.1, 0.15) is 17.3 Å². The molecule has 0 aliphatic heterocycles. The minimum absolute atomic E-state index is 0.302. The fourth-order valence-corrected chi connectivity index (χ4v) is 1.45. The number of anilines is 1. The molecule has 4 amide bonds. The summed E-state index contributed by atoms with van der Waals surface area (Å²) in [6.07, 6.45) is 0. The van der Waals surface area contributed by atoms with E-state index in [2.05, 4.69) is 10.6 Å². The number of benzene rings is 1. The average Bonchev–Trinajstić information content (AvgIpc) is 2.44. The van der Waals surface area contributed by atoms with Gasteiger partial charge < -0.3 is 26.8 Å². The molecule has 6 N–H and O–H groups in total. The SMILES string of the molecule is CC(NC(N)=O)C(=O)OCC(=O)Nc1ccc(C(N)=O)cc1. The first-order valence-corrected chi connectivity index (χ1v) is 6.22. The maximum absolute atomic E-state index is 11.6. The Kier molecular flexibility index (Phi) is 5.87. The molecule has 0 aliphatic rings. The van der Waals surface area contributed by atoms with E-state index in [1.807, 2.05) is 0 Å². The third kappa shape index (κ3) is 5.49. The number of ether oxygens (including phenoxy) is 1. The van der Waals surface area contributed by atoms with Crippen molar-refractivity contribution in [1.82, 2.24) is 5.32 Å². The lowest BCUT2D eigenvalue weighted by atomic mass is 10.2. The van der Waals surface area contributed by atoms with E-state index in [0.29, 0.717) is 11.3 Å². The van der Waals surface area contributed by atoms with E-state index in [0.717, 1.165) is 0 Å². The summed E-state index contributed by atoms with van der Waals surface area (Å²) in [5, 5.41) is 4.58. The van der Waals surface area contributed by atoms with Crippen LogP contribution in [0.2, 0.25) is 0 Å². The van der Waals surface area contributed by atoms with Crippen LogP contribution in [0.3, 0.4) is 0 Å².